The fourth-order valence-corrected chi connectivity index (χ4v) is 2.33. The van der Waals surface area contributed by atoms with Crippen molar-refractivity contribution in [2.45, 2.75) is 32.8 Å². The van der Waals surface area contributed by atoms with Crippen LogP contribution in [0.5, 0.6) is 5.75 Å². The summed E-state index contributed by atoms with van der Waals surface area (Å²) in [5, 5.41) is 3.88. The van der Waals surface area contributed by atoms with Crippen molar-refractivity contribution in [2.24, 2.45) is 5.73 Å². The Morgan fingerprint density at radius 3 is 2.90 bits per heavy atom. The van der Waals surface area contributed by atoms with Gasteiger partial charge in [0.05, 0.1) is 4.47 Å². The smallest absolute Gasteiger partial charge is 0.226 e. The van der Waals surface area contributed by atoms with Gasteiger partial charge in [-0.05, 0) is 53.0 Å². The first-order valence-corrected chi connectivity index (χ1v) is 7.45. The molecule has 0 amide bonds. The van der Waals surface area contributed by atoms with Crippen LogP contribution in [0.25, 0.3) is 0 Å². The topological polar surface area (TPSA) is 74.2 Å². The van der Waals surface area contributed by atoms with Gasteiger partial charge in [-0.3, -0.25) is 0 Å². The first kappa shape index (κ1) is 15.0. The number of halogens is 1. The molecule has 0 spiro atoms. The van der Waals surface area contributed by atoms with Crippen LogP contribution < -0.4 is 10.5 Å². The highest BCUT2D eigenvalue weighted by Gasteiger charge is 2.08. The molecule has 0 bridgehead atoms. The molecule has 108 valence electrons. The summed E-state index contributed by atoms with van der Waals surface area (Å²) in [4.78, 5) is 4.26. The maximum Gasteiger partial charge on any atom is 0.226 e. The number of hydrogen-bond acceptors (Lipinski definition) is 5. The molecular weight excluding hydrogens is 322 g/mol. The average molecular weight is 340 g/mol. The fraction of sp³-hybridized carbons (Fsp3) is 0.429. The maximum atomic E-state index is 5.68. The molecule has 2 aromatic rings. The van der Waals surface area contributed by atoms with Gasteiger partial charge in [0.15, 0.2) is 6.61 Å². The number of aromatic nitrogens is 2. The van der Waals surface area contributed by atoms with Crippen molar-refractivity contribution >= 4 is 15.9 Å². The zero-order valence-electron chi connectivity index (χ0n) is 11.4. The van der Waals surface area contributed by atoms with E-state index in [1.165, 1.54) is 5.56 Å². The van der Waals surface area contributed by atoms with E-state index in [9.17, 15) is 0 Å². The van der Waals surface area contributed by atoms with E-state index in [1.54, 1.807) is 0 Å². The van der Waals surface area contributed by atoms with Gasteiger partial charge in [0, 0.05) is 6.42 Å². The first-order valence-electron chi connectivity index (χ1n) is 6.65. The molecule has 0 fully saturated rings. The van der Waals surface area contributed by atoms with E-state index in [2.05, 4.69) is 33.0 Å². The highest BCUT2D eigenvalue weighted by atomic mass is 79.9. The van der Waals surface area contributed by atoms with Crippen molar-refractivity contribution in [1.29, 1.82) is 0 Å². The van der Waals surface area contributed by atoms with Crippen LogP contribution in [0.15, 0.2) is 27.2 Å². The van der Waals surface area contributed by atoms with Crippen LogP contribution in [-0.2, 0) is 19.4 Å². The Morgan fingerprint density at radius 2 is 2.20 bits per heavy atom. The minimum atomic E-state index is 0.294. The van der Waals surface area contributed by atoms with Gasteiger partial charge >= 0.3 is 0 Å². The highest BCUT2D eigenvalue weighted by molar-refractivity contribution is 9.10. The molecule has 2 rings (SSSR count). The van der Waals surface area contributed by atoms with Gasteiger partial charge in [-0.15, -0.1) is 0 Å². The normalized spacial score (nSPS) is 10.8. The Kier molecular flexibility index (Phi) is 5.55. The number of benzene rings is 1. The van der Waals surface area contributed by atoms with Crippen LogP contribution >= 0.6 is 15.9 Å². The monoisotopic (exact) mass is 339 g/mol. The van der Waals surface area contributed by atoms with Crippen molar-refractivity contribution < 1.29 is 9.26 Å². The summed E-state index contributed by atoms with van der Waals surface area (Å²) in [6.07, 6.45) is 2.63. The Hall–Kier alpha value is -1.40. The van der Waals surface area contributed by atoms with Gasteiger partial charge < -0.3 is 15.0 Å². The van der Waals surface area contributed by atoms with E-state index in [0.717, 1.165) is 29.5 Å². The Bertz CT molecular complexity index is 557. The lowest BCUT2D eigenvalue weighted by Crippen LogP contribution is -2.03. The summed E-state index contributed by atoms with van der Waals surface area (Å²) in [7, 11) is 0. The van der Waals surface area contributed by atoms with Crippen molar-refractivity contribution in [2.75, 3.05) is 6.54 Å². The lowest BCUT2D eigenvalue weighted by Gasteiger charge is -2.07. The largest absolute Gasteiger partial charge is 0.484 e. The number of nitrogens with zero attached hydrogens (tertiary/aromatic N) is 2. The summed E-state index contributed by atoms with van der Waals surface area (Å²) < 4.78 is 11.7. The molecule has 0 atom stereocenters. The molecule has 0 unspecified atom stereocenters. The van der Waals surface area contributed by atoms with E-state index < -0.39 is 0 Å². The van der Waals surface area contributed by atoms with Crippen LogP contribution in [0, 0.1) is 0 Å². The summed E-state index contributed by atoms with van der Waals surface area (Å²) in [6, 6.07) is 5.94. The van der Waals surface area contributed by atoms with E-state index in [4.69, 9.17) is 15.0 Å². The predicted molar refractivity (Wildman–Crippen MR) is 79.5 cm³/mol. The minimum absolute atomic E-state index is 0.294. The van der Waals surface area contributed by atoms with Gasteiger partial charge in [-0.1, -0.05) is 18.1 Å². The van der Waals surface area contributed by atoms with Crippen LogP contribution in [0.2, 0.25) is 0 Å². The lowest BCUT2D eigenvalue weighted by molar-refractivity contribution is 0.283. The van der Waals surface area contributed by atoms with Crippen LogP contribution in [-0.4, -0.2) is 16.7 Å². The third-order valence-corrected chi connectivity index (χ3v) is 3.38. The Balaban J connectivity index is 1.95. The molecule has 1 aromatic carbocycles. The summed E-state index contributed by atoms with van der Waals surface area (Å²) in [6.45, 7) is 3.00. The highest BCUT2D eigenvalue weighted by Crippen LogP contribution is 2.26. The van der Waals surface area contributed by atoms with Crippen molar-refractivity contribution in [3.8, 4) is 5.75 Å². The SMILES string of the molecule is CCCc1nc(COc2ccc(CCN)cc2Br)no1. The van der Waals surface area contributed by atoms with Crippen molar-refractivity contribution in [3.05, 3.63) is 40.0 Å². The lowest BCUT2D eigenvalue weighted by atomic mass is 10.1. The molecule has 0 aliphatic carbocycles. The van der Waals surface area contributed by atoms with E-state index in [1.807, 2.05) is 18.2 Å². The zero-order valence-corrected chi connectivity index (χ0v) is 13.0. The van der Waals surface area contributed by atoms with Crippen molar-refractivity contribution in [3.63, 3.8) is 0 Å². The number of nitrogens with two attached hydrogens (primary N) is 1. The standard InChI is InChI=1S/C14H18BrN3O2/c1-2-3-14-17-13(18-20-14)9-19-12-5-4-10(6-7-16)8-11(12)15/h4-5,8H,2-3,6-7,9,16H2,1H3. The molecule has 0 aliphatic rings. The quantitative estimate of drug-likeness (QED) is 0.839. The molecule has 6 heteroatoms. The summed E-state index contributed by atoms with van der Waals surface area (Å²) >= 11 is 3.49. The minimum Gasteiger partial charge on any atom is -0.484 e. The molecule has 20 heavy (non-hydrogen) atoms. The van der Waals surface area contributed by atoms with Gasteiger partial charge in [-0.25, -0.2) is 0 Å². The molecule has 0 saturated heterocycles. The van der Waals surface area contributed by atoms with Crippen LogP contribution in [0.4, 0.5) is 0 Å². The van der Waals surface area contributed by atoms with Crippen molar-refractivity contribution in [1.82, 2.24) is 10.1 Å². The number of rotatable bonds is 7. The third kappa shape index (κ3) is 4.05. The van der Waals surface area contributed by atoms with Crippen LogP contribution in [0.3, 0.4) is 0 Å². The summed E-state index contributed by atoms with van der Waals surface area (Å²) in [5.74, 6) is 1.97. The second-order valence-electron chi connectivity index (χ2n) is 4.45. The third-order valence-electron chi connectivity index (χ3n) is 2.76. The number of ether oxygens (including phenoxy) is 1. The molecule has 1 heterocycles. The Labute approximate surface area is 126 Å². The fourth-order valence-electron chi connectivity index (χ4n) is 1.79. The number of aryl methyl sites for hydroxylation is 1. The average Bonchev–Trinajstić information content (AvgIpc) is 2.86. The van der Waals surface area contributed by atoms with Gasteiger partial charge in [0.25, 0.3) is 0 Å². The molecule has 5 nitrogen and oxygen atoms in total. The van der Waals surface area contributed by atoms with E-state index in [0.29, 0.717) is 24.9 Å². The summed E-state index contributed by atoms with van der Waals surface area (Å²) in [5.41, 5.74) is 6.71. The van der Waals surface area contributed by atoms with E-state index in [-0.39, 0.29) is 0 Å². The number of hydrogen-bond donors (Lipinski definition) is 1. The molecule has 0 radical (unpaired) electrons. The van der Waals surface area contributed by atoms with Gasteiger partial charge in [0.1, 0.15) is 5.75 Å². The first-order chi connectivity index (χ1) is 9.72. The predicted octanol–water partition coefficient (Wildman–Crippen LogP) is 2.86. The second-order valence-corrected chi connectivity index (χ2v) is 5.30. The maximum absolute atomic E-state index is 5.68. The zero-order chi connectivity index (χ0) is 14.4. The molecule has 1 aromatic heterocycles. The second kappa shape index (κ2) is 7.40. The Morgan fingerprint density at radius 1 is 1.35 bits per heavy atom. The van der Waals surface area contributed by atoms with E-state index >= 15 is 0 Å². The molecule has 2 N–H and O–H groups in total. The van der Waals surface area contributed by atoms with Gasteiger partial charge in [-0.2, -0.15) is 4.98 Å². The van der Waals surface area contributed by atoms with Gasteiger partial charge in [0.2, 0.25) is 11.7 Å². The van der Waals surface area contributed by atoms with Crippen LogP contribution in [0.1, 0.15) is 30.6 Å². The molecule has 0 saturated carbocycles. The molecular formula is C14H18BrN3O2. The molecule has 0 aliphatic heterocycles.